The second-order valence-corrected chi connectivity index (χ2v) is 5.17. The van der Waals surface area contributed by atoms with Gasteiger partial charge in [-0.2, -0.15) is 0 Å². The van der Waals surface area contributed by atoms with E-state index in [9.17, 15) is 9.59 Å². The Labute approximate surface area is 104 Å². The molecule has 1 aliphatic rings. The van der Waals surface area contributed by atoms with E-state index in [0.29, 0.717) is 17.8 Å². The summed E-state index contributed by atoms with van der Waals surface area (Å²) in [6, 6.07) is 3.13. The maximum atomic E-state index is 11.9. The van der Waals surface area contributed by atoms with Gasteiger partial charge in [0.25, 0.3) is 0 Å². The molecule has 1 aromatic rings. The quantitative estimate of drug-likeness (QED) is 0.832. The van der Waals surface area contributed by atoms with Gasteiger partial charge in [-0.3, -0.25) is 14.5 Å². The molecule has 0 saturated carbocycles. The molecule has 2 heterocycles. The van der Waals surface area contributed by atoms with Gasteiger partial charge in [0, 0.05) is 0 Å². The average Bonchev–Trinajstić information content (AvgIpc) is 2.83. The molecule has 0 spiro atoms. The lowest BCUT2D eigenvalue weighted by molar-refractivity contribution is -0.144. The van der Waals surface area contributed by atoms with Crippen LogP contribution in [0.1, 0.15) is 28.9 Å². The summed E-state index contributed by atoms with van der Waals surface area (Å²) in [5.74, 6) is -0.795. The number of carbonyl (C=O) groups excluding carboxylic acids is 1. The van der Waals surface area contributed by atoms with Crippen LogP contribution in [0, 0.1) is 0 Å². The summed E-state index contributed by atoms with van der Waals surface area (Å²) < 4.78 is 0. The van der Waals surface area contributed by atoms with Crippen LogP contribution in [-0.4, -0.2) is 40.9 Å². The van der Waals surface area contributed by atoms with Crippen LogP contribution < -0.4 is 0 Å². The summed E-state index contributed by atoms with van der Waals surface area (Å²) in [5.41, 5.74) is 0. The van der Waals surface area contributed by atoms with Gasteiger partial charge in [-0.25, -0.2) is 0 Å². The van der Waals surface area contributed by atoms with Crippen LogP contribution in [-0.2, 0) is 4.79 Å². The molecule has 0 amide bonds. The molecule has 5 heteroatoms. The van der Waals surface area contributed by atoms with Gasteiger partial charge in [-0.1, -0.05) is 12.5 Å². The van der Waals surface area contributed by atoms with E-state index in [1.165, 1.54) is 11.3 Å². The van der Waals surface area contributed by atoms with Crippen LogP contribution in [0.25, 0.3) is 0 Å². The van der Waals surface area contributed by atoms with Crippen LogP contribution in [0.4, 0.5) is 0 Å². The second kappa shape index (κ2) is 5.42. The highest BCUT2D eigenvalue weighted by Crippen LogP contribution is 2.18. The molecule has 0 aliphatic carbocycles. The zero-order chi connectivity index (χ0) is 12.3. The number of ketones is 1. The summed E-state index contributed by atoms with van der Waals surface area (Å²) in [5, 5.41) is 11.0. The van der Waals surface area contributed by atoms with E-state index in [0.717, 1.165) is 12.8 Å². The predicted molar refractivity (Wildman–Crippen MR) is 65.5 cm³/mol. The van der Waals surface area contributed by atoms with Crippen molar-refractivity contribution >= 4 is 23.1 Å². The fraction of sp³-hybridized carbons (Fsp3) is 0.500. The summed E-state index contributed by atoms with van der Waals surface area (Å²) in [6.07, 6.45) is 2.55. The average molecular weight is 253 g/mol. The molecule has 0 unspecified atom stereocenters. The smallest absolute Gasteiger partial charge is 0.320 e. The molecule has 0 radical (unpaired) electrons. The summed E-state index contributed by atoms with van der Waals surface area (Å²) in [7, 11) is 0. The van der Waals surface area contributed by atoms with Crippen molar-refractivity contribution in [2.75, 3.05) is 13.1 Å². The minimum Gasteiger partial charge on any atom is -0.480 e. The van der Waals surface area contributed by atoms with Gasteiger partial charge >= 0.3 is 5.97 Å². The van der Waals surface area contributed by atoms with E-state index >= 15 is 0 Å². The van der Waals surface area contributed by atoms with Gasteiger partial charge in [0.05, 0.1) is 11.4 Å². The SMILES string of the molecule is O=C(CN1CCCC[C@@H]1C(=O)O)c1cccs1. The number of aliphatic carboxylic acids is 1. The van der Waals surface area contributed by atoms with E-state index in [4.69, 9.17) is 5.11 Å². The number of carboxylic acid groups (broad SMARTS) is 1. The number of hydrogen-bond donors (Lipinski definition) is 1. The number of nitrogens with zero attached hydrogens (tertiary/aromatic N) is 1. The van der Waals surface area contributed by atoms with Crippen molar-refractivity contribution in [1.82, 2.24) is 4.90 Å². The number of thiophene rings is 1. The Morgan fingerprint density at radius 1 is 1.47 bits per heavy atom. The van der Waals surface area contributed by atoms with E-state index in [1.807, 2.05) is 11.4 Å². The lowest BCUT2D eigenvalue weighted by atomic mass is 10.0. The molecular weight excluding hydrogens is 238 g/mol. The third kappa shape index (κ3) is 2.92. The predicted octanol–water partition coefficient (Wildman–Crippen LogP) is 1.87. The van der Waals surface area contributed by atoms with Crippen molar-refractivity contribution in [3.05, 3.63) is 22.4 Å². The van der Waals surface area contributed by atoms with E-state index in [2.05, 4.69) is 0 Å². The Balaban J connectivity index is 2.01. The third-order valence-electron chi connectivity index (χ3n) is 3.04. The first-order valence-corrected chi connectivity index (χ1v) is 6.60. The van der Waals surface area contributed by atoms with Crippen molar-refractivity contribution in [2.45, 2.75) is 25.3 Å². The van der Waals surface area contributed by atoms with Crippen LogP contribution in [0.3, 0.4) is 0 Å². The minimum atomic E-state index is -0.816. The zero-order valence-electron chi connectivity index (χ0n) is 9.46. The molecule has 1 fully saturated rings. The van der Waals surface area contributed by atoms with Crippen molar-refractivity contribution < 1.29 is 14.7 Å². The maximum Gasteiger partial charge on any atom is 0.320 e. The standard InChI is InChI=1S/C12H15NO3S/c14-10(11-5-3-7-17-11)8-13-6-2-1-4-9(13)12(15)16/h3,5,7,9H,1-2,4,6,8H2,(H,15,16)/t9-/m1/s1. The highest BCUT2D eigenvalue weighted by molar-refractivity contribution is 7.12. The number of carbonyl (C=O) groups is 2. The van der Waals surface area contributed by atoms with Crippen LogP contribution in [0.15, 0.2) is 17.5 Å². The van der Waals surface area contributed by atoms with Crippen LogP contribution >= 0.6 is 11.3 Å². The second-order valence-electron chi connectivity index (χ2n) is 4.22. The topological polar surface area (TPSA) is 57.6 Å². The Morgan fingerprint density at radius 2 is 2.29 bits per heavy atom. The van der Waals surface area contributed by atoms with Gasteiger partial charge in [-0.15, -0.1) is 11.3 Å². The molecule has 1 atom stereocenters. The number of Topliss-reactive ketones (excluding diaryl/α,β-unsaturated/α-hetero) is 1. The van der Waals surface area contributed by atoms with E-state index in [-0.39, 0.29) is 12.3 Å². The van der Waals surface area contributed by atoms with Crippen LogP contribution in [0.5, 0.6) is 0 Å². The number of rotatable bonds is 4. The molecule has 4 nitrogen and oxygen atoms in total. The Hall–Kier alpha value is -1.20. The third-order valence-corrected chi connectivity index (χ3v) is 3.95. The van der Waals surface area contributed by atoms with Crippen molar-refractivity contribution in [1.29, 1.82) is 0 Å². The fourth-order valence-electron chi connectivity index (χ4n) is 2.16. The number of carboxylic acids is 1. The summed E-state index contributed by atoms with van der Waals surface area (Å²) in [6.45, 7) is 0.922. The van der Waals surface area contributed by atoms with Gasteiger partial charge < -0.3 is 5.11 Å². The molecule has 0 aromatic carbocycles. The summed E-state index contributed by atoms with van der Waals surface area (Å²) in [4.78, 5) is 25.5. The van der Waals surface area contributed by atoms with E-state index < -0.39 is 12.0 Å². The molecule has 0 bridgehead atoms. The van der Waals surface area contributed by atoms with Gasteiger partial charge in [-0.05, 0) is 30.8 Å². The molecular formula is C12H15NO3S. The normalized spacial score (nSPS) is 21.3. The van der Waals surface area contributed by atoms with E-state index in [1.54, 1.807) is 11.0 Å². The largest absolute Gasteiger partial charge is 0.480 e. The zero-order valence-corrected chi connectivity index (χ0v) is 10.3. The lowest BCUT2D eigenvalue weighted by Gasteiger charge is -2.31. The molecule has 17 heavy (non-hydrogen) atoms. The maximum absolute atomic E-state index is 11.9. The molecule has 1 saturated heterocycles. The molecule has 2 rings (SSSR count). The lowest BCUT2D eigenvalue weighted by Crippen LogP contribution is -2.46. The monoisotopic (exact) mass is 253 g/mol. The first-order valence-electron chi connectivity index (χ1n) is 5.72. The Bertz CT molecular complexity index is 402. The molecule has 1 aromatic heterocycles. The number of hydrogen-bond acceptors (Lipinski definition) is 4. The van der Waals surface area contributed by atoms with Crippen molar-refractivity contribution in [3.63, 3.8) is 0 Å². The molecule has 92 valence electrons. The Kier molecular flexibility index (Phi) is 3.91. The van der Waals surface area contributed by atoms with Gasteiger partial charge in [0.15, 0.2) is 5.78 Å². The summed E-state index contributed by atoms with van der Waals surface area (Å²) >= 11 is 1.41. The molecule has 1 N–H and O–H groups in total. The first kappa shape index (κ1) is 12.3. The molecule has 1 aliphatic heterocycles. The number of piperidine rings is 1. The highest BCUT2D eigenvalue weighted by Gasteiger charge is 2.29. The van der Waals surface area contributed by atoms with Crippen molar-refractivity contribution in [3.8, 4) is 0 Å². The highest BCUT2D eigenvalue weighted by atomic mass is 32.1. The first-order chi connectivity index (χ1) is 8.18. The van der Waals surface area contributed by atoms with Gasteiger partial charge in [0.1, 0.15) is 6.04 Å². The van der Waals surface area contributed by atoms with Crippen LogP contribution in [0.2, 0.25) is 0 Å². The van der Waals surface area contributed by atoms with Crippen molar-refractivity contribution in [2.24, 2.45) is 0 Å². The fourth-order valence-corrected chi connectivity index (χ4v) is 2.82. The minimum absolute atomic E-state index is 0.0214. The number of likely N-dealkylation sites (tertiary alicyclic amines) is 1. The Morgan fingerprint density at radius 3 is 2.94 bits per heavy atom. The van der Waals surface area contributed by atoms with Gasteiger partial charge in [0.2, 0.25) is 0 Å².